The molecule has 0 aliphatic carbocycles. The van der Waals surface area contributed by atoms with Crippen molar-refractivity contribution in [1.29, 1.82) is 0 Å². The number of carboxylic acid groups (broad SMARTS) is 1. The molecule has 0 radical (unpaired) electrons. The molecule has 0 aromatic carbocycles. The van der Waals surface area contributed by atoms with Crippen LogP contribution in [0.3, 0.4) is 0 Å². The number of carboxylic acids is 1. The average molecular weight is 269 g/mol. The molecular weight excluding hydrogens is 254 g/mol. The molecule has 0 fully saturated rings. The van der Waals surface area contributed by atoms with Crippen molar-refractivity contribution < 1.29 is 19.4 Å². The Balaban J connectivity index is 2.20. The van der Waals surface area contributed by atoms with Crippen LogP contribution in [0.2, 0.25) is 0 Å². The molecule has 0 unspecified atom stereocenters. The summed E-state index contributed by atoms with van der Waals surface area (Å²) in [7, 11) is 0. The van der Waals surface area contributed by atoms with Crippen LogP contribution in [0.25, 0.3) is 0 Å². The highest BCUT2D eigenvalue weighted by molar-refractivity contribution is 7.14. The topological polar surface area (TPSA) is 66.8 Å². The minimum Gasteiger partial charge on any atom is -0.477 e. The number of carbonyl (C=O) groups is 2. The number of anilines is 1. The Labute approximate surface area is 109 Å². The smallest absolute Gasteiger partial charge is 0.414 e. The molecule has 1 aromatic rings. The van der Waals surface area contributed by atoms with E-state index in [0.29, 0.717) is 18.7 Å². The van der Waals surface area contributed by atoms with Gasteiger partial charge in [0, 0.05) is 17.8 Å². The molecule has 1 aromatic heterocycles. The van der Waals surface area contributed by atoms with E-state index in [0.717, 1.165) is 4.88 Å². The van der Waals surface area contributed by atoms with E-state index in [1.807, 2.05) is 0 Å². The summed E-state index contributed by atoms with van der Waals surface area (Å²) < 4.78 is 5.29. The zero-order valence-electron chi connectivity index (χ0n) is 10.5. The molecule has 2 rings (SSSR count). The van der Waals surface area contributed by atoms with Gasteiger partial charge in [-0.05, 0) is 26.8 Å². The number of hydrogen-bond acceptors (Lipinski definition) is 4. The van der Waals surface area contributed by atoms with Gasteiger partial charge in [-0.15, -0.1) is 11.3 Å². The Morgan fingerprint density at radius 3 is 2.67 bits per heavy atom. The second-order valence-electron chi connectivity index (χ2n) is 5.11. The van der Waals surface area contributed by atoms with Crippen molar-refractivity contribution in [3.63, 3.8) is 0 Å². The van der Waals surface area contributed by atoms with E-state index in [2.05, 4.69) is 0 Å². The highest BCUT2D eigenvalue weighted by Gasteiger charge is 2.31. The molecule has 18 heavy (non-hydrogen) atoms. The molecule has 98 valence electrons. The lowest BCUT2D eigenvalue weighted by atomic mass is 10.2. The van der Waals surface area contributed by atoms with Gasteiger partial charge in [0.1, 0.15) is 10.5 Å². The van der Waals surface area contributed by atoms with Crippen molar-refractivity contribution >= 4 is 29.1 Å². The molecule has 6 heteroatoms. The lowest BCUT2D eigenvalue weighted by Crippen LogP contribution is -2.35. The summed E-state index contributed by atoms with van der Waals surface area (Å²) in [5, 5.41) is 8.93. The van der Waals surface area contributed by atoms with Crippen LogP contribution in [0.4, 0.5) is 10.5 Å². The normalized spacial score (nSPS) is 14.5. The molecule has 0 saturated carbocycles. The Bertz CT molecular complexity index is 501. The Hall–Kier alpha value is -1.56. The number of carbonyl (C=O) groups excluding carboxylic acids is 1. The summed E-state index contributed by atoms with van der Waals surface area (Å²) in [6.45, 7) is 5.96. The Morgan fingerprint density at radius 2 is 2.11 bits per heavy atom. The first-order valence-corrected chi connectivity index (χ1v) is 6.46. The average Bonchev–Trinajstić information content (AvgIpc) is 2.71. The van der Waals surface area contributed by atoms with E-state index in [-0.39, 0.29) is 4.88 Å². The number of hydrogen-bond donors (Lipinski definition) is 1. The van der Waals surface area contributed by atoms with Crippen molar-refractivity contribution in [3.8, 4) is 0 Å². The van der Waals surface area contributed by atoms with Gasteiger partial charge in [0.05, 0.1) is 5.69 Å². The summed E-state index contributed by atoms with van der Waals surface area (Å²) in [4.78, 5) is 25.5. The van der Waals surface area contributed by atoms with E-state index in [1.54, 1.807) is 26.8 Å². The lowest BCUT2D eigenvalue weighted by Gasteiger charge is -2.24. The number of nitrogens with zero attached hydrogens (tertiary/aromatic N) is 1. The van der Waals surface area contributed by atoms with Crippen LogP contribution < -0.4 is 4.90 Å². The molecular formula is C12H15NO4S. The molecule has 1 N–H and O–H groups in total. The maximum Gasteiger partial charge on any atom is 0.414 e. The quantitative estimate of drug-likeness (QED) is 0.851. The summed E-state index contributed by atoms with van der Waals surface area (Å²) in [5.41, 5.74) is 0.123. The predicted octanol–water partition coefficient (Wildman–Crippen LogP) is 2.74. The van der Waals surface area contributed by atoms with Crippen molar-refractivity contribution in [2.45, 2.75) is 32.8 Å². The number of rotatable bonds is 1. The van der Waals surface area contributed by atoms with Gasteiger partial charge in [0.2, 0.25) is 0 Å². The van der Waals surface area contributed by atoms with Crippen LogP contribution in [0.1, 0.15) is 35.3 Å². The summed E-state index contributed by atoms with van der Waals surface area (Å²) in [6.07, 6.45) is 0.267. The van der Waals surface area contributed by atoms with Gasteiger partial charge in [-0.25, -0.2) is 9.59 Å². The van der Waals surface area contributed by atoms with E-state index < -0.39 is 17.7 Å². The Kier molecular flexibility index (Phi) is 3.06. The lowest BCUT2D eigenvalue weighted by molar-refractivity contribution is 0.0582. The van der Waals surface area contributed by atoms with Crippen LogP contribution in [-0.2, 0) is 11.2 Å². The molecule has 5 nitrogen and oxygen atoms in total. The summed E-state index contributed by atoms with van der Waals surface area (Å²) in [5.74, 6) is -0.960. The fourth-order valence-corrected chi connectivity index (χ4v) is 2.76. The van der Waals surface area contributed by atoms with E-state index in [1.165, 1.54) is 16.2 Å². The number of fused-ring (bicyclic) bond motifs is 1. The molecule has 1 aliphatic rings. The van der Waals surface area contributed by atoms with Crippen LogP contribution >= 0.6 is 11.3 Å². The van der Waals surface area contributed by atoms with Gasteiger partial charge in [0.15, 0.2) is 0 Å². The SMILES string of the molecule is CC(C)(C)OC(=O)N1CCc2sc(C(=O)O)cc21. The molecule has 0 bridgehead atoms. The van der Waals surface area contributed by atoms with Crippen LogP contribution in [0, 0.1) is 0 Å². The van der Waals surface area contributed by atoms with Gasteiger partial charge < -0.3 is 9.84 Å². The van der Waals surface area contributed by atoms with Crippen LogP contribution in [0.5, 0.6) is 0 Å². The Morgan fingerprint density at radius 1 is 1.44 bits per heavy atom. The van der Waals surface area contributed by atoms with Crippen molar-refractivity contribution in [2.75, 3.05) is 11.4 Å². The summed E-state index contributed by atoms with van der Waals surface area (Å²) in [6, 6.07) is 1.54. The highest BCUT2D eigenvalue weighted by atomic mass is 32.1. The van der Waals surface area contributed by atoms with Crippen molar-refractivity contribution in [2.24, 2.45) is 0 Å². The first-order chi connectivity index (χ1) is 8.28. The van der Waals surface area contributed by atoms with Gasteiger partial charge in [-0.1, -0.05) is 0 Å². The zero-order valence-corrected chi connectivity index (χ0v) is 11.3. The summed E-state index contributed by atoms with van der Waals surface area (Å²) >= 11 is 1.22. The van der Waals surface area contributed by atoms with Gasteiger partial charge in [0.25, 0.3) is 0 Å². The first-order valence-electron chi connectivity index (χ1n) is 5.64. The standard InChI is InChI=1S/C12H15NO4S/c1-12(2,3)17-11(16)13-5-4-8-7(13)6-9(18-8)10(14)15/h6H,4-5H2,1-3H3,(H,14,15). The van der Waals surface area contributed by atoms with Gasteiger partial charge >= 0.3 is 12.1 Å². The fraction of sp³-hybridized carbons (Fsp3) is 0.500. The molecule has 1 aliphatic heterocycles. The minimum absolute atomic E-state index is 0.258. The van der Waals surface area contributed by atoms with Crippen LogP contribution in [0.15, 0.2) is 6.07 Å². The third-order valence-electron chi connectivity index (χ3n) is 2.46. The maximum atomic E-state index is 12.0. The zero-order chi connectivity index (χ0) is 13.5. The number of thiophene rings is 1. The third-order valence-corrected chi connectivity index (χ3v) is 3.64. The van der Waals surface area contributed by atoms with E-state index in [4.69, 9.17) is 9.84 Å². The minimum atomic E-state index is -0.960. The van der Waals surface area contributed by atoms with E-state index in [9.17, 15) is 9.59 Å². The predicted molar refractivity (Wildman–Crippen MR) is 68.6 cm³/mol. The first kappa shape index (κ1) is 12.9. The molecule has 0 saturated heterocycles. The number of amides is 1. The van der Waals surface area contributed by atoms with Crippen LogP contribution in [-0.4, -0.2) is 29.3 Å². The maximum absolute atomic E-state index is 12.0. The number of aromatic carboxylic acids is 1. The van der Waals surface area contributed by atoms with Gasteiger partial charge in [-0.2, -0.15) is 0 Å². The van der Waals surface area contributed by atoms with Gasteiger partial charge in [-0.3, -0.25) is 4.90 Å². The molecule has 0 atom stereocenters. The molecule has 2 heterocycles. The monoisotopic (exact) mass is 269 g/mol. The third kappa shape index (κ3) is 2.48. The largest absolute Gasteiger partial charge is 0.477 e. The fourth-order valence-electron chi connectivity index (χ4n) is 1.77. The second kappa shape index (κ2) is 4.28. The number of ether oxygens (including phenoxy) is 1. The molecule has 1 amide bonds. The second-order valence-corrected chi connectivity index (χ2v) is 6.24. The van der Waals surface area contributed by atoms with E-state index >= 15 is 0 Å². The highest BCUT2D eigenvalue weighted by Crippen LogP contribution is 2.36. The molecule has 0 spiro atoms. The van der Waals surface area contributed by atoms with Crippen molar-refractivity contribution in [3.05, 3.63) is 15.8 Å². The van der Waals surface area contributed by atoms with Crippen molar-refractivity contribution in [1.82, 2.24) is 0 Å².